The quantitative estimate of drug-likeness (QED) is 0.103. The molecule has 2 N–H and O–H groups in total. The minimum Gasteiger partial charge on any atom is -0.444 e. The number of hydrogen-bond acceptors (Lipinski definition) is 6. The molecule has 0 spiro atoms. The van der Waals surface area contributed by atoms with Gasteiger partial charge in [-0.2, -0.15) is 0 Å². The van der Waals surface area contributed by atoms with E-state index in [0.29, 0.717) is 12.2 Å². The molecule has 7 rings (SSSR count). The van der Waals surface area contributed by atoms with Crippen LogP contribution >= 0.6 is 0 Å². The average molecular weight is 713 g/mol. The number of benzene rings is 6. The molecule has 1 atom stereocenters. The zero-order valence-electron chi connectivity index (χ0n) is 31.0. The topological polar surface area (TPSA) is 94.0 Å². The Morgan fingerprint density at radius 1 is 0.667 bits per heavy atom. The summed E-state index contributed by atoms with van der Waals surface area (Å²) in [5, 5.41) is 20.1. The Hall–Kier alpha value is -6.54. The molecule has 54 heavy (non-hydrogen) atoms. The molecule has 0 bridgehead atoms. The van der Waals surface area contributed by atoms with E-state index in [0.717, 1.165) is 50.2 Å². The van der Waals surface area contributed by atoms with Crippen LogP contribution in [-0.2, 0) is 16.7 Å². The van der Waals surface area contributed by atoms with Crippen molar-refractivity contribution < 1.29 is 9.53 Å². The summed E-state index contributed by atoms with van der Waals surface area (Å²) in [6, 6.07) is 56.4. The van der Waals surface area contributed by atoms with Gasteiger partial charge < -0.3 is 15.4 Å². The third kappa shape index (κ3) is 7.64. The van der Waals surface area contributed by atoms with Crippen LogP contribution in [0.5, 0.6) is 0 Å². The van der Waals surface area contributed by atoms with Crippen LogP contribution in [0.1, 0.15) is 55.5 Å². The van der Waals surface area contributed by atoms with E-state index >= 15 is 0 Å². The third-order valence-electron chi connectivity index (χ3n) is 9.31. The van der Waals surface area contributed by atoms with Crippen molar-refractivity contribution in [1.29, 1.82) is 0 Å². The predicted molar refractivity (Wildman–Crippen MR) is 215 cm³/mol. The number of anilines is 1. The lowest BCUT2D eigenvalue weighted by Crippen LogP contribution is -2.41. The Morgan fingerprint density at radius 2 is 1.19 bits per heavy atom. The lowest BCUT2D eigenvalue weighted by molar-refractivity contribution is 0.0514. The highest BCUT2D eigenvalue weighted by atomic mass is 16.6. The second-order valence-electron chi connectivity index (χ2n) is 14.3. The number of carbonyl (C=O) groups excluding carboxylic acids is 1. The number of nitrogens with one attached hydrogen (secondary N) is 2. The van der Waals surface area contributed by atoms with E-state index in [4.69, 9.17) is 15.0 Å². The summed E-state index contributed by atoms with van der Waals surface area (Å²) >= 11 is 0. The van der Waals surface area contributed by atoms with Crippen molar-refractivity contribution in [3.8, 4) is 22.5 Å². The Kier molecular flexibility index (Phi) is 10.4. The molecule has 6 aromatic carbocycles. The second kappa shape index (κ2) is 15.6. The van der Waals surface area contributed by atoms with Crippen LogP contribution < -0.4 is 10.6 Å². The van der Waals surface area contributed by atoms with Gasteiger partial charge in [-0.15, -0.1) is 5.10 Å². The van der Waals surface area contributed by atoms with Gasteiger partial charge in [0, 0.05) is 11.3 Å². The molecule has 1 unspecified atom stereocenters. The Balaban J connectivity index is 1.22. The Labute approximate surface area is 316 Å². The van der Waals surface area contributed by atoms with Gasteiger partial charge in [0.2, 0.25) is 0 Å². The molecule has 7 aromatic rings. The van der Waals surface area contributed by atoms with E-state index in [9.17, 15) is 4.79 Å². The Bertz CT molecular complexity index is 2200. The predicted octanol–water partition coefficient (Wildman–Crippen LogP) is 9.72. The molecule has 8 heteroatoms. The number of carbonyl (C=O) groups is 1. The first-order valence-corrected chi connectivity index (χ1v) is 18.2. The van der Waals surface area contributed by atoms with E-state index in [2.05, 4.69) is 131 Å². The van der Waals surface area contributed by atoms with Crippen LogP contribution in [0.15, 0.2) is 164 Å². The lowest BCUT2D eigenvalue weighted by atomic mass is 9.77. The van der Waals surface area contributed by atoms with Crippen molar-refractivity contribution in [2.75, 3.05) is 5.32 Å². The van der Waals surface area contributed by atoms with Crippen molar-refractivity contribution in [3.63, 3.8) is 0 Å². The summed E-state index contributed by atoms with van der Waals surface area (Å²) in [5.74, 6) is 0.653. The summed E-state index contributed by atoms with van der Waals surface area (Å²) in [6.45, 7) is 7.44. The van der Waals surface area contributed by atoms with Crippen molar-refractivity contribution in [2.24, 2.45) is 0 Å². The van der Waals surface area contributed by atoms with Gasteiger partial charge in [0.15, 0.2) is 5.82 Å². The first-order chi connectivity index (χ1) is 26.2. The first-order valence-electron chi connectivity index (χ1n) is 18.2. The fourth-order valence-electron chi connectivity index (χ4n) is 7.01. The van der Waals surface area contributed by atoms with Crippen molar-refractivity contribution in [2.45, 2.75) is 51.4 Å². The van der Waals surface area contributed by atoms with E-state index in [1.165, 1.54) is 0 Å². The molecular weight excluding hydrogens is 669 g/mol. The lowest BCUT2D eigenvalue weighted by Gasteiger charge is -2.36. The number of rotatable bonds is 11. The molecule has 1 aromatic heterocycles. The highest BCUT2D eigenvalue weighted by Crippen LogP contribution is 2.43. The molecule has 270 valence electrons. The number of ether oxygens (including phenoxy) is 1. The maximum Gasteiger partial charge on any atom is 0.409 e. The van der Waals surface area contributed by atoms with Crippen molar-refractivity contribution in [1.82, 2.24) is 25.5 Å². The number of hydrogen-bond donors (Lipinski definition) is 2. The maximum atomic E-state index is 12.4. The van der Waals surface area contributed by atoms with E-state index < -0.39 is 17.2 Å². The molecule has 0 saturated heterocycles. The third-order valence-corrected chi connectivity index (χ3v) is 9.31. The minimum atomic E-state index is -0.860. The smallest absolute Gasteiger partial charge is 0.409 e. The minimum absolute atomic E-state index is 0.333. The van der Waals surface area contributed by atoms with Gasteiger partial charge in [0.05, 0.1) is 6.17 Å². The molecular formula is C46H44N6O2. The molecule has 0 aliphatic rings. The molecule has 8 nitrogen and oxygen atoms in total. The van der Waals surface area contributed by atoms with Gasteiger partial charge in [-0.1, -0.05) is 158 Å². The average Bonchev–Trinajstić information content (AvgIpc) is 3.67. The van der Waals surface area contributed by atoms with Crippen LogP contribution in [0.2, 0.25) is 0 Å². The number of amides is 1. The van der Waals surface area contributed by atoms with Gasteiger partial charge >= 0.3 is 6.09 Å². The highest BCUT2D eigenvalue weighted by molar-refractivity contribution is 5.81. The monoisotopic (exact) mass is 712 g/mol. The normalized spacial score (nSPS) is 12.1. The molecule has 0 saturated carbocycles. The van der Waals surface area contributed by atoms with E-state index in [1.807, 2.05) is 80.9 Å². The largest absolute Gasteiger partial charge is 0.444 e. The van der Waals surface area contributed by atoms with Crippen LogP contribution in [0.4, 0.5) is 10.5 Å². The molecule has 0 fully saturated rings. The zero-order chi connectivity index (χ0) is 37.5. The van der Waals surface area contributed by atoms with E-state index in [1.54, 1.807) is 0 Å². The molecule has 0 aliphatic carbocycles. The highest BCUT2D eigenvalue weighted by Gasteiger charge is 2.42. The second-order valence-corrected chi connectivity index (χ2v) is 14.3. The van der Waals surface area contributed by atoms with Crippen LogP contribution in [0.3, 0.4) is 0 Å². The van der Waals surface area contributed by atoms with E-state index in [-0.39, 0.29) is 6.17 Å². The number of tetrazole rings is 1. The molecule has 1 heterocycles. The van der Waals surface area contributed by atoms with Crippen LogP contribution in [0, 0.1) is 0 Å². The summed E-state index contributed by atoms with van der Waals surface area (Å²) in [6.07, 6.45) is -0.0902. The number of aromatic nitrogens is 4. The number of para-hydroxylation sites is 1. The fourth-order valence-corrected chi connectivity index (χ4v) is 7.01. The van der Waals surface area contributed by atoms with Gasteiger partial charge in [-0.05, 0) is 89.6 Å². The summed E-state index contributed by atoms with van der Waals surface area (Å²) in [4.78, 5) is 12.4. The van der Waals surface area contributed by atoms with Crippen molar-refractivity contribution in [3.05, 3.63) is 192 Å². The standard InChI is InChI=1S/C46H44N6O2/c1-33(48-44(53)54-45(2,3)4)47-42-27-17-14-18-36(42)32-34-28-30-35(31-29-34)40-25-15-16-26-41(40)43-49-50-51-52(43)46(37-19-8-5-9-20-37,38-21-10-6-11-22-38)39-23-12-7-13-24-39/h5-31,33,47H,32H2,1-4H3,(H,48,53). The van der Waals surface area contributed by atoms with Crippen LogP contribution in [0.25, 0.3) is 22.5 Å². The fraction of sp³-hybridized carbons (Fsp3) is 0.174. The number of nitrogens with zero attached hydrogens (tertiary/aromatic N) is 4. The molecule has 1 amide bonds. The van der Waals surface area contributed by atoms with Gasteiger partial charge in [-0.3, -0.25) is 0 Å². The summed E-state index contributed by atoms with van der Waals surface area (Å²) in [5.41, 5.74) is 7.90. The zero-order valence-corrected chi connectivity index (χ0v) is 31.0. The van der Waals surface area contributed by atoms with Gasteiger partial charge in [0.25, 0.3) is 0 Å². The Morgan fingerprint density at radius 3 is 1.76 bits per heavy atom. The number of alkyl carbamates (subject to hydrolysis) is 1. The molecule has 0 aliphatic heterocycles. The van der Waals surface area contributed by atoms with Crippen molar-refractivity contribution >= 4 is 11.8 Å². The summed E-state index contributed by atoms with van der Waals surface area (Å²) < 4.78 is 7.41. The summed E-state index contributed by atoms with van der Waals surface area (Å²) in [7, 11) is 0. The molecule has 0 radical (unpaired) electrons. The van der Waals surface area contributed by atoms with Gasteiger partial charge in [0.1, 0.15) is 11.1 Å². The van der Waals surface area contributed by atoms with Gasteiger partial charge in [-0.25, -0.2) is 9.48 Å². The first kappa shape index (κ1) is 35.8. The SMILES string of the molecule is CC(NC(=O)OC(C)(C)C)Nc1ccccc1Cc1ccc(-c2ccccc2-c2nnnn2C(c2ccccc2)(c2ccccc2)c2ccccc2)cc1. The van der Waals surface area contributed by atoms with Crippen LogP contribution in [-0.4, -0.2) is 38.1 Å². The maximum absolute atomic E-state index is 12.4.